The maximum atomic E-state index is 13.2. The largest absolute Gasteiger partial charge is 0.358 e. The Balaban J connectivity index is 2.24. The first-order valence-electron chi connectivity index (χ1n) is 5.34. The number of nitrogens with one attached hydrogen (secondary N) is 2. The highest BCUT2D eigenvalue weighted by atomic mass is 19.1. The van der Waals surface area contributed by atoms with Crippen molar-refractivity contribution < 1.29 is 4.39 Å². The van der Waals surface area contributed by atoms with Gasteiger partial charge in [0.25, 0.3) is 0 Å². The van der Waals surface area contributed by atoms with Crippen LogP contribution in [0.1, 0.15) is 11.3 Å². The number of fused-ring (bicyclic) bond motifs is 3. The molecule has 0 radical (unpaired) electrons. The molecular formula is C12H13FN2. The van der Waals surface area contributed by atoms with Gasteiger partial charge in [-0.2, -0.15) is 0 Å². The molecule has 78 valence electrons. The Morgan fingerprint density at radius 1 is 1.13 bits per heavy atom. The van der Waals surface area contributed by atoms with E-state index in [9.17, 15) is 4.39 Å². The van der Waals surface area contributed by atoms with Crippen LogP contribution < -0.4 is 5.32 Å². The number of H-pyrrole nitrogens is 1. The van der Waals surface area contributed by atoms with Gasteiger partial charge >= 0.3 is 0 Å². The van der Waals surface area contributed by atoms with E-state index < -0.39 is 0 Å². The lowest BCUT2D eigenvalue weighted by Gasteiger charge is -1.97. The zero-order chi connectivity index (χ0) is 10.3. The van der Waals surface area contributed by atoms with Crippen LogP contribution in [0.15, 0.2) is 18.2 Å². The Morgan fingerprint density at radius 3 is 2.93 bits per heavy atom. The fraction of sp³-hybridized carbons (Fsp3) is 0.333. The van der Waals surface area contributed by atoms with E-state index in [4.69, 9.17) is 0 Å². The number of aromatic nitrogens is 1. The van der Waals surface area contributed by atoms with Gasteiger partial charge in [-0.05, 0) is 36.7 Å². The summed E-state index contributed by atoms with van der Waals surface area (Å²) < 4.78 is 13.2. The molecule has 0 aliphatic carbocycles. The van der Waals surface area contributed by atoms with Crippen LogP contribution in [-0.2, 0) is 12.8 Å². The maximum Gasteiger partial charge on any atom is 0.123 e. The minimum absolute atomic E-state index is 0.151. The van der Waals surface area contributed by atoms with E-state index in [0.29, 0.717) is 0 Å². The van der Waals surface area contributed by atoms with Crippen molar-refractivity contribution in [3.8, 4) is 0 Å². The van der Waals surface area contributed by atoms with Crippen molar-refractivity contribution in [3.05, 3.63) is 35.3 Å². The Labute approximate surface area is 87.5 Å². The second-order valence-electron chi connectivity index (χ2n) is 4.02. The average Bonchev–Trinajstić information content (AvgIpc) is 2.44. The molecule has 3 heteroatoms. The molecule has 0 atom stereocenters. The molecule has 0 fully saturated rings. The molecule has 0 unspecified atom stereocenters. The Bertz CT molecular complexity index is 502. The first-order valence-corrected chi connectivity index (χ1v) is 5.34. The van der Waals surface area contributed by atoms with Crippen molar-refractivity contribution >= 4 is 10.9 Å². The highest BCUT2D eigenvalue weighted by molar-refractivity contribution is 5.84. The van der Waals surface area contributed by atoms with Crippen LogP contribution in [0.5, 0.6) is 0 Å². The maximum absolute atomic E-state index is 13.2. The fourth-order valence-corrected chi connectivity index (χ4v) is 2.33. The highest BCUT2D eigenvalue weighted by Crippen LogP contribution is 2.25. The molecule has 3 rings (SSSR count). The molecule has 0 amide bonds. The lowest BCUT2D eigenvalue weighted by atomic mass is 10.1. The van der Waals surface area contributed by atoms with E-state index >= 15 is 0 Å². The monoisotopic (exact) mass is 204 g/mol. The van der Waals surface area contributed by atoms with Gasteiger partial charge in [0, 0.05) is 29.6 Å². The van der Waals surface area contributed by atoms with Crippen molar-refractivity contribution in [1.29, 1.82) is 0 Å². The van der Waals surface area contributed by atoms with Gasteiger partial charge < -0.3 is 10.3 Å². The highest BCUT2D eigenvalue weighted by Gasteiger charge is 2.13. The zero-order valence-electron chi connectivity index (χ0n) is 8.44. The molecule has 0 spiro atoms. The van der Waals surface area contributed by atoms with Gasteiger partial charge in [0.05, 0.1) is 0 Å². The van der Waals surface area contributed by atoms with Gasteiger partial charge in [0.1, 0.15) is 5.82 Å². The SMILES string of the molecule is Fc1ccc2[nH]c3c(c2c1)CCNCC3. The standard InChI is InChI=1S/C12H13FN2/c13-8-1-2-11-10(7-8)9-3-5-14-6-4-12(9)15-11/h1-2,7,14-15H,3-6H2. The predicted octanol–water partition coefficient (Wildman–Crippen LogP) is 2.00. The van der Waals surface area contributed by atoms with E-state index in [2.05, 4.69) is 10.3 Å². The molecule has 1 aliphatic rings. The molecule has 2 nitrogen and oxygen atoms in total. The van der Waals surface area contributed by atoms with Crippen molar-refractivity contribution in [2.45, 2.75) is 12.8 Å². The molecule has 0 saturated carbocycles. The van der Waals surface area contributed by atoms with Gasteiger partial charge in [0.2, 0.25) is 0 Å². The molecule has 1 aliphatic heterocycles. The normalized spacial score (nSPS) is 16.3. The Morgan fingerprint density at radius 2 is 2.00 bits per heavy atom. The topological polar surface area (TPSA) is 27.8 Å². The summed E-state index contributed by atoms with van der Waals surface area (Å²) in [5, 5.41) is 4.40. The quantitative estimate of drug-likeness (QED) is 0.675. The van der Waals surface area contributed by atoms with E-state index in [-0.39, 0.29) is 5.82 Å². The zero-order valence-corrected chi connectivity index (χ0v) is 8.44. The fourth-order valence-electron chi connectivity index (χ4n) is 2.33. The number of halogens is 1. The van der Waals surface area contributed by atoms with Crippen molar-refractivity contribution in [1.82, 2.24) is 10.3 Å². The second kappa shape index (κ2) is 3.35. The molecular weight excluding hydrogens is 191 g/mol. The van der Waals surface area contributed by atoms with Gasteiger partial charge in [-0.1, -0.05) is 0 Å². The van der Waals surface area contributed by atoms with Crippen LogP contribution in [0.25, 0.3) is 10.9 Å². The first kappa shape index (κ1) is 8.92. The van der Waals surface area contributed by atoms with Gasteiger partial charge in [-0.25, -0.2) is 4.39 Å². The third-order valence-electron chi connectivity index (χ3n) is 3.06. The van der Waals surface area contributed by atoms with Crippen LogP contribution >= 0.6 is 0 Å². The average molecular weight is 204 g/mol. The Kier molecular flexibility index (Phi) is 1.99. The summed E-state index contributed by atoms with van der Waals surface area (Å²) in [6.07, 6.45) is 1.99. The smallest absolute Gasteiger partial charge is 0.123 e. The second-order valence-corrected chi connectivity index (χ2v) is 4.02. The predicted molar refractivity (Wildman–Crippen MR) is 58.5 cm³/mol. The van der Waals surface area contributed by atoms with E-state index in [1.165, 1.54) is 17.3 Å². The van der Waals surface area contributed by atoms with E-state index in [1.807, 2.05) is 6.07 Å². The van der Waals surface area contributed by atoms with Crippen LogP contribution in [0.3, 0.4) is 0 Å². The van der Waals surface area contributed by atoms with Crippen molar-refractivity contribution in [3.63, 3.8) is 0 Å². The van der Waals surface area contributed by atoms with Gasteiger partial charge in [-0.15, -0.1) is 0 Å². The summed E-state index contributed by atoms with van der Waals surface area (Å²) in [5.74, 6) is -0.151. The van der Waals surface area contributed by atoms with Crippen LogP contribution in [0.4, 0.5) is 4.39 Å². The number of aromatic amines is 1. The summed E-state index contributed by atoms with van der Waals surface area (Å²) >= 11 is 0. The third-order valence-corrected chi connectivity index (χ3v) is 3.06. The minimum Gasteiger partial charge on any atom is -0.358 e. The summed E-state index contributed by atoms with van der Waals surface area (Å²) in [6, 6.07) is 4.97. The third kappa shape index (κ3) is 1.43. The molecule has 1 aromatic carbocycles. The van der Waals surface area contributed by atoms with Crippen LogP contribution in [-0.4, -0.2) is 18.1 Å². The molecule has 2 aromatic rings. The summed E-state index contributed by atoms with van der Waals surface area (Å²) in [7, 11) is 0. The molecule has 1 aromatic heterocycles. The summed E-state index contributed by atoms with van der Waals surface area (Å²) in [6.45, 7) is 1.98. The summed E-state index contributed by atoms with van der Waals surface area (Å²) in [5.41, 5.74) is 3.61. The lowest BCUT2D eigenvalue weighted by Crippen LogP contribution is -2.16. The van der Waals surface area contributed by atoms with E-state index in [1.54, 1.807) is 6.07 Å². The number of benzene rings is 1. The minimum atomic E-state index is -0.151. The lowest BCUT2D eigenvalue weighted by molar-refractivity contribution is 0.629. The molecule has 15 heavy (non-hydrogen) atoms. The van der Waals surface area contributed by atoms with Gasteiger partial charge in [0.15, 0.2) is 0 Å². The molecule has 2 heterocycles. The van der Waals surface area contributed by atoms with Crippen LogP contribution in [0, 0.1) is 5.82 Å². The van der Waals surface area contributed by atoms with Crippen LogP contribution in [0.2, 0.25) is 0 Å². The first-order chi connectivity index (χ1) is 7.34. The van der Waals surface area contributed by atoms with E-state index in [0.717, 1.165) is 36.8 Å². The number of hydrogen-bond acceptors (Lipinski definition) is 1. The molecule has 0 saturated heterocycles. The molecule has 2 N–H and O–H groups in total. The Hall–Kier alpha value is -1.35. The van der Waals surface area contributed by atoms with Crippen molar-refractivity contribution in [2.24, 2.45) is 0 Å². The summed E-state index contributed by atoms with van der Waals surface area (Å²) in [4.78, 5) is 3.38. The van der Waals surface area contributed by atoms with Gasteiger partial charge in [-0.3, -0.25) is 0 Å². The van der Waals surface area contributed by atoms with Crippen molar-refractivity contribution in [2.75, 3.05) is 13.1 Å². The number of hydrogen-bond donors (Lipinski definition) is 2. The molecule has 0 bridgehead atoms. The number of rotatable bonds is 0.